The topological polar surface area (TPSA) is 119 Å². The van der Waals surface area contributed by atoms with Crippen molar-refractivity contribution in [2.45, 2.75) is 26.3 Å². The van der Waals surface area contributed by atoms with Crippen LogP contribution in [-0.2, 0) is 4.74 Å². The molecule has 0 aliphatic rings. The second kappa shape index (κ2) is 7.56. The molecule has 112 valence electrons. The molecule has 0 saturated heterocycles. The standard InChI is InChI=1S/C11H20N6O3/c1-4-8(2)16(5-6-20-3)11-9(17(18)19)10(15-12)13-7-14-11/h7-8H,4-6,12H2,1-3H3,(H,13,14,15). The van der Waals surface area contributed by atoms with Crippen LogP contribution < -0.4 is 16.2 Å². The van der Waals surface area contributed by atoms with Crippen LogP contribution >= 0.6 is 0 Å². The predicted molar refractivity (Wildman–Crippen MR) is 75.5 cm³/mol. The molecule has 1 unspecified atom stereocenters. The molecule has 0 spiro atoms. The van der Waals surface area contributed by atoms with Crippen LogP contribution in [0.2, 0.25) is 0 Å². The molecular formula is C11H20N6O3. The number of nitrogens with two attached hydrogens (primary N) is 1. The fourth-order valence-corrected chi connectivity index (χ4v) is 1.80. The molecule has 1 heterocycles. The summed E-state index contributed by atoms with van der Waals surface area (Å²) in [6.07, 6.45) is 2.07. The Morgan fingerprint density at radius 1 is 1.60 bits per heavy atom. The van der Waals surface area contributed by atoms with Gasteiger partial charge in [0.25, 0.3) is 0 Å². The number of nitrogen functional groups attached to an aromatic ring is 1. The molecule has 3 N–H and O–H groups in total. The zero-order chi connectivity index (χ0) is 15.1. The molecule has 9 heteroatoms. The summed E-state index contributed by atoms with van der Waals surface area (Å²) < 4.78 is 5.05. The molecule has 0 aliphatic carbocycles. The third-order valence-corrected chi connectivity index (χ3v) is 3.05. The molecule has 0 bridgehead atoms. The van der Waals surface area contributed by atoms with E-state index < -0.39 is 4.92 Å². The van der Waals surface area contributed by atoms with Crippen LogP contribution in [0, 0.1) is 10.1 Å². The molecule has 1 aromatic heterocycles. The Labute approximate surface area is 117 Å². The monoisotopic (exact) mass is 284 g/mol. The van der Waals surface area contributed by atoms with E-state index in [1.807, 2.05) is 18.7 Å². The molecule has 0 amide bonds. The Balaban J connectivity index is 3.27. The van der Waals surface area contributed by atoms with Gasteiger partial charge in [-0.05, 0) is 13.3 Å². The number of hydrogen-bond acceptors (Lipinski definition) is 8. The number of methoxy groups -OCH3 is 1. The zero-order valence-corrected chi connectivity index (χ0v) is 11.9. The molecule has 0 fully saturated rings. The third kappa shape index (κ3) is 3.52. The summed E-state index contributed by atoms with van der Waals surface area (Å²) in [5.41, 5.74) is 2.00. The summed E-state index contributed by atoms with van der Waals surface area (Å²) in [5, 5.41) is 11.3. The van der Waals surface area contributed by atoms with Gasteiger partial charge in [-0.2, -0.15) is 0 Å². The first-order valence-corrected chi connectivity index (χ1v) is 6.28. The van der Waals surface area contributed by atoms with Gasteiger partial charge in [-0.25, -0.2) is 15.8 Å². The minimum absolute atomic E-state index is 0.00859. The molecule has 0 aliphatic heterocycles. The Kier molecular flexibility index (Phi) is 6.07. The molecular weight excluding hydrogens is 264 g/mol. The minimum Gasteiger partial charge on any atom is -0.383 e. The van der Waals surface area contributed by atoms with Gasteiger partial charge in [0, 0.05) is 19.7 Å². The number of hydrazine groups is 1. The van der Waals surface area contributed by atoms with Gasteiger partial charge in [-0.15, -0.1) is 0 Å². The molecule has 9 nitrogen and oxygen atoms in total. The van der Waals surface area contributed by atoms with Crippen molar-refractivity contribution in [1.82, 2.24) is 9.97 Å². The van der Waals surface area contributed by atoms with Crippen molar-refractivity contribution < 1.29 is 9.66 Å². The van der Waals surface area contributed by atoms with Crippen molar-refractivity contribution in [3.63, 3.8) is 0 Å². The van der Waals surface area contributed by atoms with Crippen molar-refractivity contribution >= 4 is 17.3 Å². The normalized spacial score (nSPS) is 12.0. The highest BCUT2D eigenvalue weighted by atomic mass is 16.6. The highest BCUT2D eigenvalue weighted by Crippen LogP contribution is 2.32. The van der Waals surface area contributed by atoms with E-state index in [0.717, 1.165) is 6.42 Å². The maximum absolute atomic E-state index is 11.3. The largest absolute Gasteiger partial charge is 0.383 e. The molecule has 1 atom stereocenters. The van der Waals surface area contributed by atoms with Crippen LogP contribution in [0.5, 0.6) is 0 Å². The lowest BCUT2D eigenvalue weighted by Gasteiger charge is -2.29. The van der Waals surface area contributed by atoms with Gasteiger partial charge >= 0.3 is 5.69 Å². The maximum Gasteiger partial charge on any atom is 0.354 e. The highest BCUT2D eigenvalue weighted by Gasteiger charge is 2.28. The van der Waals surface area contributed by atoms with E-state index in [1.165, 1.54) is 6.33 Å². The number of rotatable bonds is 8. The number of nitro groups is 1. The summed E-state index contributed by atoms with van der Waals surface area (Å²) in [7, 11) is 1.58. The second-order valence-corrected chi connectivity index (χ2v) is 4.24. The Morgan fingerprint density at radius 3 is 2.80 bits per heavy atom. The van der Waals surface area contributed by atoms with E-state index in [-0.39, 0.29) is 23.4 Å². The first-order chi connectivity index (χ1) is 9.56. The fourth-order valence-electron chi connectivity index (χ4n) is 1.80. The lowest BCUT2D eigenvalue weighted by molar-refractivity contribution is -0.383. The predicted octanol–water partition coefficient (Wildman–Crippen LogP) is 0.922. The van der Waals surface area contributed by atoms with E-state index in [4.69, 9.17) is 10.6 Å². The minimum atomic E-state index is -0.535. The van der Waals surface area contributed by atoms with Crippen LogP contribution in [0.1, 0.15) is 20.3 Å². The van der Waals surface area contributed by atoms with Crippen LogP contribution in [0.25, 0.3) is 0 Å². The summed E-state index contributed by atoms with van der Waals surface area (Å²) in [4.78, 5) is 20.4. The zero-order valence-electron chi connectivity index (χ0n) is 11.9. The average Bonchev–Trinajstić information content (AvgIpc) is 2.46. The first kappa shape index (κ1) is 16.1. The SMILES string of the molecule is CCC(C)N(CCOC)c1ncnc(NN)c1[N+](=O)[O-]. The number of nitrogens with zero attached hydrogens (tertiary/aromatic N) is 4. The van der Waals surface area contributed by atoms with Crippen LogP contribution in [0.4, 0.5) is 17.3 Å². The fraction of sp³-hybridized carbons (Fsp3) is 0.636. The van der Waals surface area contributed by atoms with Crippen LogP contribution in [0.15, 0.2) is 6.33 Å². The molecule has 20 heavy (non-hydrogen) atoms. The maximum atomic E-state index is 11.3. The number of nitrogens with one attached hydrogen (secondary N) is 1. The van der Waals surface area contributed by atoms with Gasteiger partial charge in [0.1, 0.15) is 6.33 Å². The van der Waals surface area contributed by atoms with Gasteiger partial charge in [-0.3, -0.25) is 10.1 Å². The van der Waals surface area contributed by atoms with Gasteiger partial charge in [-0.1, -0.05) is 6.92 Å². The number of ether oxygens (including phenoxy) is 1. The van der Waals surface area contributed by atoms with Crippen molar-refractivity contribution in [1.29, 1.82) is 0 Å². The summed E-state index contributed by atoms with van der Waals surface area (Å²) in [5.74, 6) is 5.51. The Bertz CT molecular complexity index is 456. The van der Waals surface area contributed by atoms with Gasteiger partial charge in [0.15, 0.2) is 0 Å². The Morgan fingerprint density at radius 2 is 2.30 bits per heavy atom. The van der Waals surface area contributed by atoms with E-state index >= 15 is 0 Å². The first-order valence-electron chi connectivity index (χ1n) is 6.28. The van der Waals surface area contributed by atoms with E-state index in [1.54, 1.807) is 7.11 Å². The summed E-state index contributed by atoms with van der Waals surface area (Å²) in [6.45, 7) is 4.90. The van der Waals surface area contributed by atoms with Crippen molar-refractivity contribution in [2.24, 2.45) is 5.84 Å². The van der Waals surface area contributed by atoms with Crippen LogP contribution in [0.3, 0.4) is 0 Å². The van der Waals surface area contributed by atoms with E-state index in [9.17, 15) is 10.1 Å². The van der Waals surface area contributed by atoms with Crippen molar-refractivity contribution in [3.05, 3.63) is 16.4 Å². The van der Waals surface area contributed by atoms with Gasteiger partial charge in [0.05, 0.1) is 11.5 Å². The number of aromatic nitrogens is 2. The molecule has 1 rings (SSSR count). The number of hydrogen-bond donors (Lipinski definition) is 2. The third-order valence-electron chi connectivity index (χ3n) is 3.05. The van der Waals surface area contributed by atoms with E-state index in [0.29, 0.717) is 13.2 Å². The van der Waals surface area contributed by atoms with Crippen molar-refractivity contribution in [3.8, 4) is 0 Å². The second-order valence-electron chi connectivity index (χ2n) is 4.24. The molecule has 0 saturated carbocycles. The molecule has 1 aromatic rings. The van der Waals surface area contributed by atoms with Gasteiger partial charge in [0.2, 0.25) is 11.6 Å². The molecule has 0 radical (unpaired) electrons. The highest BCUT2D eigenvalue weighted by molar-refractivity contribution is 5.70. The quantitative estimate of drug-likeness (QED) is 0.411. The lowest BCUT2D eigenvalue weighted by Crippen LogP contribution is -2.36. The lowest BCUT2D eigenvalue weighted by atomic mass is 10.2. The van der Waals surface area contributed by atoms with Crippen LogP contribution in [-0.4, -0.2) is 41.2 Å². The van der Waals surface area contributed by atoms with Gasteiger partial charge < -0.3 is 15.1 Å². The summed E-state index contributed by atoms with van der Waals surface area (Å²) in [6, 6.07) is 0.0735. The van der Waals surface area contributed by atoms with E-state index in [2.05, 4.69) is 15.4 Å². The number of anilines is 2. The van der Waals surface area contributed by atoms with Crippen molar-refractivity contribution in [2.75, 3.05) is 30.6 Å². The summed E-state index contributed by atoms with van der Waals surface area (Å²) >= 11 is 0. The average molecular weight is 284 g/mol. The smallest absolute Gasteiger partial charge is 0.354 e. The Hall–Kier alpha value is -2.00. The molecule has 0 aromatic carbocycles.